The Labute approximate surface area is 169 Å². The number of thioether (sulfide) groups is 1. The fourth-order valence-corrected chi connectivity index (χ4v) is 3.98. The van der Waals surface area contributed by atoms with Gasteiger partial charge in [0.1, 0.15) is 0 Å². The van der Waals surface area contributed by atoms with Gasteiger partial charge in [0, 0.05) is 29.5 Å². The zero-order chi connectivity index (χ0) is 19.2. The molecule has 1 aliphatic rings. The summed E-state index contributed by atoms with van der Waals surface area (Å²) in [5, 5.41) is 12.8. The highest BCUT2D eigenvalue weighted by Crippen LogP contribution is 2.28. The van der Waals surface area contributed by atoms with Crippen LogP contribution in [0, 0.1) is 0 Å². The molecule has 6 heteroatoms. The van der Waals surface area contributed by atoms with Crippen molar-refractivity contribution in [2.45, 2.75) is 43.3 Å². The van der Waals surface area contributed by atoms with Gasteiger partial charge in [-0.3, -0.25) is 9.36 Å². The van der Waals surface area contributed by atoms with Gasteiger partial charge in [-0.05, 0) is 37.8 Å². The smallest absolute Gasteiger partial charge is 0.220 e. The summed E-state index contributed by atoms with van der Waals surface area (Å²) in [6.07, 6.45) is 4.76. The average Bonchev–Trinajstić information content (AvgIpc) is 3.45. The average molecular weight is 393 g/mol. The third kappa shape index (κ3) is 4.81. The van der Waals surface area contributed by atoms with Crippen LogP contribution in [0.3, 0.4) is 0 Å². The van der Waals surface area contributed by atoms with E-state index in [1.54, 1.807) is 11.8 Å². The Morgan fingerprint density at radius 2 is 1.71 bits per heavy atom. The number of carbonyl (C=O) groups is 1. The lowest BCUT2D eigenvalue weighted by Gasteiger charge is -2.10. The largest absolute Gasteiger partial charge is 0.353 e. The number of nitrogens with one attached hydrogen (secondary N) is 1. The molecule has 1 aliphatic carbocycles. The minimum absolute atomic E-state index is 0.186. The number of nitrogens with zero attached hydrogens (tertiary/aromatic N) is 3. The van der Waals surface area contributed by atoms with Crippen LogP contribution < -0.4 is 5.32 Å². The number of aromatic nitrogens is 3. The van der Waals surface area contributed by atoms with E-state index in [-0.39, 0.29) is 5.91 Å². The number of benzene rings is 2. The van der Waals surface area contributed by atoms with Gasteiger partial charge in [-0.25, -0.2) is 0 Å². The van der Waals surface area contributed by atoms with Gasteiger partial charge in [0.05, 0.1) is 0 Å². The zero-order valence-electron chi connectivity index (χ0n) is 15.8. The molecule has 0 unspecified atom stereocenters. The number of hydrogen-bond donors (Lipinski definition) is 1. The quantitative estimate of drug-likeness (QED) is 0.431. The van der Waals surface area contributed by atoms with E-state index in [9.17, 15) is 4.79 Å². The van der Waals surface area contributed by atoms with Gasteiger partial charge in [-0.1, -0.05) is 60.3 Å². The van der Waals surface area contributed by atoms with E-state index in [1.165, 1.54) is 0 Å². The molecular weight excluding hydrogens is 368 g/mol. The van der Waals surface area contributed by atoms with Gasteiger partial charge in [0.15, 0.2) is 11.0 Å². The molecule has 0 atom stereocenters. The fraction of sp³-hybridized carbons (Fsp3) is 0.318. The normalized spacial score (nSPS) is 13.4. The number of carbonyl (C=O) groups excluding carboxylic acids is 1. The Kier molecular flexibility index (Phi) is 6.07. The first kappa shape index (κ1) is 18.7. The molecule has 28 heavy (non-hydrogen) atoms. The van der Waals surface area contributed by atoms with Gasteiger partial charge in [0.2, 0.25) is 5.91 Å². The van der Waals surface area contributed by atoms with Crippen molar-refractivity contribution < 1.29 is 4.79 Å². The SMILES string of the molecule is O=C(CCCCSc1nnc(-c2ccccc2)n1-c1ccccc1)NC1CC1. The molecular formula is C22H24N4OS. The number of hydrogen-bond acceptors (Lipinski definition) is 4. The molecule has 0 aliphatic heterocycles. The molecule has 2 aromatic carbocycles. The second-order valence-electron chi connectivity index (χ2n) is 6.99. The van der Waals surface area contributed by atoms with E-state index in [0.717, 1.165) is 53.7 Å². The van der Waals surface area contributed by atoms with E-state index >= 15 is 0 Å². The highest BCUT2D eigenvalue weighted by atomic mass is 32.2. The minimum Gasteiger partial charge on any atom is -0.353 e. The highest BCUT2D eigenvalue weighted by Gasteiger charge is 2.22. The molecule has 4 rings (SSSR count). The lowest BCUT2D eigenvalue weighted by Crippen LogP contribution is -2.24. The maximum absolute atomic E-state index is 11.8. The number of amides is 1. The van der Waals surface area contributed by atoms with E-state index in [0.29, 0.717) is 12.5 Å². The van der Waals surface area contributed by atoms with Crippen LogP contribution in [-0.4, -0.2) is 32.5 Å². The predicted octanol–water partition coefficient (Wildman–Crippen LogP) is 4.48. The summed E-state index contributed by atoms with van der Waals surface area (Å²) in [4.78, 5) is 11.8. The van der Waals surface area contributed by atoms with Crippen LogP contribution >= 0.6 is 11.8 Å². The minimum atomic E-state index is 0.186. The summed E-state index contributed by atoms with van der Waals surface area (Å²) >= 11 is 1.69. The third-order valence-electron chi connectivity index (χ3n) is 4.65. The molecule has 1 saturated carbocycles. The Hall–Kier alpha value is -2.60. The summed E-state index contributed by atoms with van der Waals surface area (Å²) in [5.74, 6) is 1.95. The van der Waals surface area contributed by atoms with Crippen molar-refractivity contribution in [3.8, 4) is 17.1 Å². The lowest BCUT2D eigenvalue weighted by molar-refractivity contribution is -0.121. The first-order chi connectivity index (χ1) is 13.8. The molecule has 3 aromatic rings. The number of rotatable bonds is 9. The first-order valence-corrected chi connectivity index (χ1v) is 10.8. The van der Waals surface area contributed by atoms with Crippen LogP contribution in [-0.2, 0) is 4.79 Å². The van der Waals surface area contributed by atoms with Crippen molar-refractivity contribution in [3.63, 3.8) is 0 Å². The molecule has 5 nitrogen and oxygen atoms in total. The van der Waals surface area contributed by atoms with Crippen LogP contribution in [0.4, 0.5) is 0 Å². The third-order valence-corrected chi connectivity index (χ3v) is 5.67. The molecule has 1 fully saturated rings. The van der Waals surface area contributed by atoms with Crippen LogP contribution in [0.25, 0.3) is 17.1 Å². The molecule has 1 amide bonds. The maximum Gasteiger partial charge on any atom is 0.220 e. The van der Waals surface area contributed by atoms with Crippen molar-refractivity contribution in [2.24, 2.45) is 0 Å². The molecule has 144 valence electrons. The molecule has 1 heterocycles. The topological polar surface area (TPSA) is 59.8 Å². The Bertz CT molecular complexity index is 907. The van der Waals surface area contributed by atoms with Gasteiger partial charge in [-0.2, -0.15) is 0 Å². The summed E-state index contributed by atoms with van der Waals surface area (Å²) in [6.45, 7) is 0. The Balaban J connectivity index is 1.42. The van der Waals surface area contributed by atoms with Crippen molar-refractivity contribution >= 4 is 17.7 Å². The van der Waals surface area contributed by atoms with E-state index < -0.39 is 0 Å². The van der Waals surface area contributed by atoms with Crippen molar-refractivity contribution in [1.82, 2.24) is 20.1 Å². The number of para-hydroxylation sites is 1. The van der Waals surface area contributed by atoms with Gasteiger partial charge >= 0.3 is 0 Å². The summed E-state index contributed by atoms with van der Waals surface area (Å²) < 4.78 is 2.11. The Morgan fingerprint density at radius 3 is 2.43 bits per heavy atom. The number of unbranched alkanes of at least 4 members (excludes halogenated alkanes) is 1. The van der Waals surface area contributed by atoms with Gasteiger partial charge in [-0.15, -0.1) is 10.2 Å². The van der Waals surface area contributed by atoms with Crippen LogP contribution in [0.1, 0.15) is 32.1 Å². The molecule has 0 radical (unpaired) electrons. The van der Waals surface area contributed by atoms with Crippen molar-refractivity contribution in [2.75, 3.05) is 5.75 Å². The van der Waals surface area contributed by atoms with Gasteiger partial charge < -0.3 is 5.32 Å². The second kappa shape index (κ2) is 9.06. The molecule has 0 saturated heterocycles. The monoisotopic (exact) mass is 392 g/mol. The highest BCUT2D eigenvalue weighted by molar-refractivity contribution is 7.99. The van der Waals surface area contributed by atoms with E-state index in [4.69, 9.17) is 0 Å². The second-order valence-corrected chi connectivity index (χ2v) is 8.05. The fourth-order valence-electron chi connectivity index (χ4n) is 3.03. The van der Waals surface area contributed by atoms with Crippen LogP contribution in [0.2, 0.25) is 0 Å². The predicted molar refractivity (Wildman–Crippen MR) is 113 cm³/mol. The molecule has 1 N–H and O–H groups in total. The summed E-state index contributed by atoms with van der Waals surface area (Å²) in [7, 11) is 0. The van der Waals surface area contributed by atoms with E-state index in [1.807, 2.05) is 36.4 Å². The zero-order valence-corrected chi connectivity index (χ0v) is 16.6. The molecule has 0 bridgehead atoms. The van der Waals surface area contributed by atoms with Crippen molar-refractivity contribution in [1.29, 1.82) is 0 Å². The van der Waals surface area contributed by atoms with Crippen molar-refractivity contribution in [3.05, 3.63) is 60.7 Å². The van der Waals surface area contributed by atoms with Gasteiger partial charge in [0.25, 0.3) is 0 Å². The summed E-state index contributed by atoms with van der Waals surface area (Å²) in [5.41, 5.74) is 2.10. The van der Waals surface area contributed by atoms with E-state index in [2.05, 4.69) is 44.3 Å². The summed E-state index contributed by atoms with van der Waals surface area (Å²) in [6, 6.07) is 20.8. The molecule has 1 aromatic heterocycles. The maximum atomic E-state index is 11.8. The lowest BCUT2D eigenvalue weighted by atomic mass is 10.2. The Morgan fingerprint density at radius 1 is 1.00 bits per heavy atom. The standard InChI is InChI=1S/C22H24N4OS/c27-20(23-18-14-15-18)13-7-8-16-28-22-25-24-21(17-9-3-1-4-10-17)26(22)19-11-5-2-6-12-19/h1-6,9-12,18H,7-8,13-16H2,(H,23,27). The molecule has 0 spiro atoms. The van der Waals surface area contributed by atoms with Crippen LogP contribution in [0.5, 0.6) is 0 Å². The van der Waals surface area contributed by atoms with Crippen LogP contribution in [0.15, 0.2) is 65.8 Å². The first-order valence-electron chi connectivity index (χ1n) is 9.80.